The van der Waals surface area contributed by atoms with Crippen LogP contribution >= 0.6 is 11.3 Å². The second-order valence-electron chi connectivity index (χ2n) is 4.57. The largest absolute Gasteiger partial charge is 0.496 e. The summed E-state index contributed by atoms with van der Waals surface area (Å²) in [6.07, 6.45) is 1.70. The summed E-state index contributed by atoms with van der Waals surface area (Å²) in [6, 6.07) is 0. The van der Waals surface area contributed by atoms with Gasteiger partial charge in [0.25, 0.3) is 0 Å². The number of hydrogen-bond acceptors (Lipinski definition) is 5. The van der Waals surface area contributed by atoms with Crippen molar-refractivity contribution in [2.75, 3.05) is 7.11 Å². The van der Waals surface area contributed by atoms with Crippen LogP contribution in [0.25, 0.3) is 0 Å². The summed E-state index contributed by atoms with van der Waals surface area (Å²) in [7, 11) is 1.66. The molecule has 4 nitrogen and oxygen atoms in total. The lowest BCUT2D eigenvalue weighted by molar-refractivity contribution is 0.179. The predicted octanol–water partition coefficient (Wildman–Crippen LogP) is 2.75. The van der Waals surface area contributed by atoms with Crippen LogP contribution in [0.3, 0.4) is 0 Å². The summed E-state index contributed by atoms with van der Waals surface area (Å²) < 4.78 is 5.38. The van der Waals surface area contributed by atoms with Gasteiger partial charge in [0.1, 0.15) is 5.75 Å². The molecule has 1 N–H and O–H groups in total. The molecule has 2 aromatic rings. The molecule has 0 saturated heterocycles. The molecular formula is C14H18N2O2S. The molecule has 2 aromatic heterocycles. The van der Waals surface area contributed by atoms with E-state index in [0.717, 1.165) is 33.1 Å². The Hall–Kier alpha value is -1.46. The Kier molecular flexibility index (Phi) is 4.17. The van der Waals surface area contributed by atoms with Gasteiger partial charge < -0.3 is 9.84 Å². The normalized spacial score (nSPS) is 12.5. The van der Waals surface area contributed by atoms with Crippen LogP contribution in [0.5, 0.6) is 5.75 Å². The van der Waals surface area contributed by atoms with Crippen LogP contribution in [-0.2, 0) is 6.42 Å². The predicted molar refractivity (Wildman–Crippen MR) is 75.8 cm³/mol. The summed E-state index contributed by atoms with van der Waals surface area (Å²) >= 11 is 1.48. The third-order valence-electron chi connectivity index (χ3n) is 3.22. The number of ether oxygens (including phenoxy) is 1. The molecule has 1 unspecified atom stereocenters. The van der Waals surface area contributed by atoms with E-state index in [1.54, 1.807) is 18.8 Å². The van der Waals surface area contributed by atoms with Crippen LogP contribution in [-0.4, -0.2) is 22.2 Å². The molecule has 0 aliphatic carbocycles. The monoisotopic (exact) mass is 278 g/mol. The molecule has 0 saturated carbocycles. The van der Waals surface area contributed by atoms with Crippen molar-refractivity contribution < 1.29 is 9.84 Å². The maximum atomic E-state index is 10.3. The maximum Gasteiger partial charge on any atom is 0.128 e. The van der Waals surface area contributed by atoms with Crippen molar-refractivity contribution in [3.8, 4) is 5.75 Å². The molecule has 0 spiro atoms. The average molecular weight is 278 g/mol. The Morgan fingerprint density at radius 1 is 1.32 bits per heavy atom. The molecule has 5 heteroatoms. The molecule has 0 fully saturated rings. The molecule has 0 bridgehead atoms. The minimum absolute atomic E-state index is 0.478. The SMILES string of the molecule is COc1c(C)cnc(CC(O)c2scnc2C)c1C. The first-order valence-corrected chi connectivity index (χ1v) is 6.99. The summed E-state index contributed by atoms with van der Waals surface area (Å²) in [5.41, 5.74) is 5.50. The number of rotatable bonds is 4. The summed E-state index contributed by atoms with van der Waals surface area (Å²) in [6.45, 7) is 5.85. The Balaban J connectivity index is 2.27. The minimum Gasteiger partial charge on any atom is -0.496 e. The van der Waals surface area contributed by atoms with Crippen LogP contribution in [0.15, 0.2) is 11.7 Å². The van der Waals surface area contributed by atoms with E-state index in [9.17, 15) is 5.11 Å². The zero-order valence-corrected chi connectivity index (χ0v) is 12.4. The molecule has 0 aliphatic heterocycles. The lowest BCUT2D eigenvalue weighted by atomic mass is 10.0. The van der Waals surface area contributed by atoms with Gasteiger partial charge in [-0.05, 0) is 20.8 Å². The highest BCUT2D eigenvalue weighted by Crippen LogP contribution is 2.29. The van der Waals surface area contributed by atoms with Crippen LogP contribution < -0.4 is 4.74 Å². The van der Waals surface area contributed by atoms with E-state index >= 15 is 0 Å². The third-order valence-corrected chi connectivity index (χ3v) is 4.25. The Morgan fingerprint density at radius 2 is 2.05 bits per heavy atom. The average Bonchev–Trinajstić information content (AvgIpc) is 2.80. The Labute approximate surface area is 117 Å². The Morgan fingerprint density at radius 3 is 2.63 bits per heavy atom. The molecule has 0 radical (unpaired) electrons. The third kappa shape index (κ3) is 2.77. The van der Waals surface area contributed by atoms with Crippen molar-refractivity contribution in [3.63, 3.8) is 0 Å². The fourth-order valence-electron chi connectivity index (χ4n) is 2.18. The van der Waals surface area contributed by atoms with E-state index in [-0.39, 0.29) is 0 Å². The lowest BCUT2D eigenvalue weighted by Gasteiger charge is -2.14. The maximum absolute atomic E-state index is 10.3. The van der Waals surface area contributed by atoms with Crippen molar-refractivity contribution in [1.29, 1.82) is 0 Å². The first-order chi connectivity index (χ1) is 9.04. The van der Waals surface area contributed by atoms with Gasteiger partial charge in [-0.1, -0.05) is 0 Å². The van der Waals surface area contributed by atoms with Gasteiger partial charge in [0.15, 0.2) is 0 Å². The molecule has 0 aromatic carbocycles. The van der Waals surface area contributed by atoms with E-state index < -0.39 is 6.10 Å². The van der Waals surface area contributed by atoms with Crippen LogP contribution in [0.4, 0.5) is 0 Å². The number of nitrogens with zero attached hydrogens (tertiary/aromatic N) is 2. The Bertz CT molecular complexity index is 581. The van der Waals surface area contributed by atoms with Gasteiger partial charge in [-0.3, -0.25) is 4.98 Å². The van der Waals surface area contributed by atoms with Gasteiger partial charge in [0, 0.05) is 29.4 Å². The fourth-order valence-corrected chi connectivity index (χ4v) is 2.97. The van der Waals surface area contributed by atoms with Crippen molar-refractivity contribution in [3.05, 3.63) is 39.1 Å². The topological polar surface area (TPSA) is 55.2 Å². The zero-order chi connectivity index (χ0) is 14.0. The number of aliphatic hydroxyl groups excluding tert-OH is 1. The fraction of sp³-hybridized carbons (Fsp3) is 0.429. The molecule has 19 heavy (non-hydrogen) atoms. The zero-order valence-electron chi connectivity index (χ0n) is 11.6. The number of aliphatic hydroxyl groups is 1. The van der Waals surface area contributed by atoms with Gasteiger partial charge in [0.2, 0.25) is 0 Å². The molecule has 0 amide bonds. The quantitative estimate of drug-likeness (QED) is 0.934. The van der Waals surface area contributed by atoms with E-state index in [1.807, 2.05) is 20.8 Å². The second kappa shape index (κ2) is 5.67. The highest BCUT2D eigenvalue weighted by Gasteiger charge is 2.17. The van der Waals surface area contributed by atoms with Crippen molar-refractivity contribution in [2.24, 2.45) is 0 Å². The first kappa shape index (κ1) is 14.0. The summed E-state index contributed by atoms with van der Waals surface area (Å²) in [4.78, 5) is 9.48. The summed E-state index contributed by atoms with van der Waals surface area (Å²) in [5, 5.41) is 10.3. The number of aromatic nitrogens is 2. The van der Waals surface area contributed by atoms with E-state index in [2.05, 4.69) is 9.97 Å². The molecule has 1 atom stereocenters. The summed E-state index contributed by atoms with van der Waals surface area (Å²) in [5.74, 6) is 0.846. The molecule has 2 rings (SSSR count). The smallest absolute Gasteiger partial charge is 0.128 e. The van der Waals surface area contributed by atoms with E-state index in [4.69, 9.17) is 4.74 Å². The highest BCUT2D eigenvalue weighted by molar-refractivity contribution is 7.09. The van der Waals surface area contributed by atoms with Gasteiger partial charge in [-0.25, -0.2) is 4.98 Å². The minimum atomic E-state index is -0.564. The molecule has 2 heterocycles. The van der Waals surface area contributed by atoms with Crippen LogP contribution in [0.2, 0.25) is 0 Å². The highest BCUT2D eigenvalue weighted by atomic mass is 32.1. The first-order valence-electron chi connectivity index (χ1n) is 6.11. The van der Waals surface area contributed by atoms with Gasteiger partial charge in [0.05, 0.1) is 29.3 Å². The standard InChI is InChI=1S/C14H18N2O2S/c1-8-6-15-11(9(2)13(8)18-4)5-12(17)14-10(3)16-7-19-14/h6-7,12,17H,5H2,1-4H3. The second-order valence-corrected chi connectivity index (χ2v) is 5.45. The van der Waals surface area contributed by atoms with Crippen molar-refractivity contribution >= 4 is 11.3 Å². The number of hydrogen-bond donors (Lipinski definition) is 1. The van der Waals surface area contributed by atoms with Gasteiger partial charge in [-0.15, -0.1) is 11.3 Å². The number of pyridine rings is 1. The van der Waals surface area contributed by atoms with Crippen LogP contribution in [0, 0.1) is 20.8 Å². The lowest BCUT2D eigenvalue weighted by Crippen LogP contribution is -2.06. The molecular weight excluding hydrogens is 260 g/mol. The molecule has 102 valence electrons. The van der Waals surface area contributed by atoms with Crippen LogP contribution in [0.1, 0.15) is 33.5 Å². The number of thiazole rings is 1. The van der Waals surface area contributed by atoms with Crippen molar-refractivity contribution in [1.82, 2.24) is 9.97 Å². The number of aryl methyl sites for hydroxylation is 2. The van der Waals surface area contributed by atoms with E-state index in [0.29, 0.717) is 6.42 Å². The van der Waals surface area contributed by atoms with E-state index in [1.165, 1.54) is 11.3 Å². The molecule has 0 aliphatic rings. The van der Waals surface area contributed by atoms with Gasteiger partial charge >= 0.3 is 0 Å². The van der Waals surface area contributed by atoms with Crippen molar-refractivity contribution in [2.45, 2.75) is 33.3 Å². The number of methoxy groups -OCH3 is 1. The van der Waals surface area contributed by atoms with Gasteiger partial charge in [-0.2, -0.15) is 0 Å².